The smallest absolute Gasteiger partial charge is 0.152 e. The number of halogens is 1. The average molecular weight is 177 g/mol. The van der Waals surface area contributed by atoms with E-state index in [4.69, 9.17) is 16.9 Å². The molecule has 0 saturated carbocycles. The first kappa shape index (κ1) is 8.59. The molecule has 0 spiro atoms. The molecule has 0 fully saturated rings. The third-order valence-corrected chi connectivity index (χ3v) is 1.52. The minimum absolute atomic E-state index is 0.440. The fraction of sp³-hybridized carbons (Fsp3) is 0.111. The van der Waals surface area contributed by atoms with Gasteiger partial charge in [-0.05, 0) is 25.0 Å². The Morgan fingerprint density at radius 3 is 2.83 bits per heavy atom. The highest BCUT2D eigenvalue weighted by Gasteiger charge is 1.95. The Labute approximate surface area is 75.8 Å². The lowest BCUT2D eigenvalue weighted by molar-refractivity contribution is 1.19. The predicted molar refractivity (Wildman–Crippen MR) is 46.5 cm³/mol. The molecule has 0 N–H and O–H groups in total. The van der Waals surface area contributed by atoms with Gasteiger partial charge in [-0.25, -0.2) is 4.98 Å². The first-order chi connectivity index (χ1) is 5.74. The predicted octanol–water partition coefficient (Wildman–Crippen LogP) is 1.92. The Bertz CT molecular complexity index is 393. The molecule has 0 aromatic carbocycles. The number of rotatable bonds is 0. The average Bonchev–Trinajstić information content (AvgIpc) is 2.03. The highest BCUT2D eigenvalue weighted by atomic mass is 35.5. The Kier molecular flexibility index (Phi) is 2.69. The molecule has 0 aliphatic rings. The maximum absolute atomic E-state index is 8.20. The zero-order chi connectivity index (χ0) is 8.97. The summed E-state index contributed by atoms with van der Waals surface area (Å²) in [5.41, 5.74) is 1.48. The maximum atomic E-state index is 8.20. The number of pyridine rings is 1. The third-order valence-electron chi connectivity index (χ3n) is 1.30. The van der Waals surface area contributed by atoms with Crippen molar-refractivity contribution >= 4 is 11.6 Å². The third kappa shape index (κ3) is 1.99. The summed E-state index contributed by atoms with van der Waals surface area (Å²) in [6.07, 6.45) is 0. The molecule has 1 heterocycles. The second kappa shape index (κ2) is 3.76. The van der Waals surface area contributed by atoms with Gasteiger partial charge < -0.3 is 0 Å². The normalized spacial score (nSPS) is 8.08. The first-order valence-electron chi connectivity index (χ1n) is 3.27. The van der Waals surface area contributed by atoms with E-state index in [2.05, 4.69) is 16.8 Å². The van der Waals surface area contributed by atoms with Crippen molar-refractivity contribution in [1.82, 2.24) is 4.98 Å². The van der Waals surface area contributed by atoms with Crippen LogP contribution in [0.3, 0.4) is 0 Å². The van der Waals surface area contributed by atoms with Gasteiger partial charge >= 0.3 is 0 Å². The van der Waals surface area contributed by atoms with Gasteiger partial charge in [0.25, 0.3) is 0 Å². The van der Waals surface area contributed by atoms with Crippen LogP contribution in [0.2, 0.25) is 5.15 Å². The van der Waals surface area contributed by atoms with E-state index in [0.717, 1.165) is 11.3 Å². The fourth-order valence-electron chi connectivity index (χ4n) is 0.758. The van der Waals surface area contributed by atoms with Gasteiger partial charge in [0, 0.05) is 11.5 Å². The van der Waals surface area contributed by atoms with Crippen LogP contribution in [-0.4, -0.2) is 4.98 Å². The van der Waals surface area contributed by atoms with Crippen molar-refractivity contribution in [3.8, 4) is 17.9 Å². The molecule has 0 atom stereocenters. The topological polar surface area (TPSA) is 36.7 Å². The summed E-state index contributed by atoms with van der Waals surface area (Å²) >= 11 is 5.63. The molecule has 0 aliphatic carbocycles. The first-order valence-corrected chi connectivity index (χ1v) is 3.65. The monoisotopic (exact) mass is 176 g/mol. The summed E-state index contributed by atoms with van der Waals surface area (Å²) in [5, 5.41) is 8.64. The molecule has 12 heavy (non-hydrogen) atoms. The van der Waals surface area contributed by atoms with E-state index in [1.54, 1.807) is 25.1 Å². The lowest BCUT2D eigenvalue weighted by Crippen LogP contribution is -1.86. The van der Waals surface area contributed by atoms with E-state index in [1.807, 2.05) is 0 Å². The van der Waals surface area contributed by atoms with Crippen molar-refractivity contribution in [1.29, 1.82) is 5.26 Å². The van der Waals surface area contributed by atoms with Crippen molar-refractivity contribution in [2.24, 2.45) is 0 Å². The molecule has 2 nitrogen and oxygen atoms in total. The van der Waals surface area contributed by atoms with Crippen molar-refractivity contribution in [3.05, 3.63) is 28.5 Å². The molecule has 0 saturated heterocycles. The molecule has 0 amide bonds. The zero-order valence-corrected chi connectivity index (χ0v) is 7.18. The lowest BCUT2D eigenvalue weighted by Gasteiger charge is -1.95. The van der Waals surface area contributed by atoms with Crippen LogP contribution < -0.4 is 0 Å². The Hall–Kier alpha value is -1.51. The second-order valence-corrected chi connectivity index (χ2v) is 2.52. The lowest BCUT2D eigenvalue weighted by atomic mass is 10.2. The van der Waals surface area contributed by atoms with Crippen LogP contribution in [0.15, 0.2) is 12.1 Å². The number of aryl methyl sites for hydroxylation is 1. The Balaban J connectivity index is 3.12. The fourth-order valence-corrected chi connectivity index (χ4v) is 0.948. The van der Waals surface area contributed by atoms with Gasteiger partial charge in [-0.2, -0.15) is 5.26 Å². The molecule has 1 aromatic heterocycles. The van der Waals surface area contributed by atoms with E-state index in [0.29, 0.717) is 5.15 Å². The molecule has 58 valence electrons. The van der Waals surface area contributed by atoms with Crippen LogP contribution in [0.1, 0.15) is 11.3 Å². The summed E-state index contributed by atoms with van der Waals surface area (Å²) in [6, 6.07) is 5.13. The molecule has 1 aromatic rings. The molecule has 3 heteroatoms. The van der Waals surface area contributed by atoms with Gasteiger partial charge in [0.05, 0.1) is 5.69 Å². The molecule has 0 aliphatic heterocycles. The molecular weight excluding hydrogens is 172 g/mol. The molecule has 0 radical (unpaired) electrons. The van der Waals surface area contributed by atoms with Gasteiger partial charge in [0.2, 0.25) is 0 Å². The van der Waals surface area contributed by atoms with Crippen LogP contribution in [-0.2, 0) is 0 Å². The van der Waals surface area contributed by atoms with Crippen LogP contribution in [0.4, 0.5) is 0 Å². The minimum atomic E-state index is 0.440. The molecular formula is C9H5ClN2. The van der Waals surface area contributed by atoms with E-state index in [-0.39, 0.29) is 0 Å². The van der Waals surface area contributed by atoms with Gasteiger partial charge in [0.1, 0.15) is 5.15 Å². The largest absolute Gasteiger partial charge is 0.240 e. The Morgan fingerprint density at radius 1 is 1.50 bits per heavy atom. The summed E-state index contributed by atoms with van der Waals surface area (Å²) in [7, 11) is 0. The van der Waals surface area contributed by atoms with Crippen molar-refractivity contribution in [2.45, 2.75) is 6.92 Å². The van der Waals surface area contributed by atoms with Crippen LogP contribution >= 0.6 is 11.6 Å². The number of nitrogens with zero attached hydrogens (tertiary/aromatic N) is 2. The number of hydrogen-bond donors (Lipinski definition) is 0. The van der Waals surface area contributed by atoms with Crippen LogP contribution in [0, 0.1) is 30.1 Å². The van der Waals surface area contributed by atoms with Gasteiger partial charge in [0.15, 0.2) is 6.07 Å². The van der Waals surface area contributed by atoms with Crippen molar-refractivity contribution in [3.63, 3.8) is 0 Å². The highest BCUT2D eigenvalue weighted by Crippen LogP contribution is 2.08. The SMILES string of the molecule is Cc1nc(Cl)ccc1C#CC#N. The zero-order valence-electron chi connectivity index (χ0n) is 6.43. The van der Waals surface area contributed by atoms with Gasteiger partial charge in [-0.3, -0.25) is 0 Å². The minimum Gasteiger partial charge on any atom is -0.240 e. The van der Waals surface area contributed by atoms with Gasteiger partial charge in [-0.1, -0.05) is 11.6 Å². The van der Waals surface area contributed by atoms with Gasteiger partial charge in [-0.15, -0.1) is 0 Å². The quantitative estimate of drug-likeness (QED) is 0.447. The maximum Gasteiger partial charge on any atom is 0.152 e. The summed E-state index contributed by atoms with van der Waals surface area (Å²) in [6.45, 7) is 1.80. The van der Waals surface area contributed by atoms with Crippen molar-refractivity contribution in [2.75, 3.05) is 0 Å². The summed E-state index contributed by atoms with van der Waals surface area (Å²) in [5.74, 6) is 4.95. The van der Waals surface area contributed by atoms with E-state index < -0.39 is 0 Å². The molecule has 1 rings (SSSR count). The van der Waals surface area contributed by atoms with Crippen LogP contribution in [0.5, 0.6) is 0 Å². The number of aromatic nitrogens is 1. The standard InChI is InChI=1S/C9H5ClN2/c1-7-8(3-2-6-11)4-5-9(10)12-7/h4-5H,1H3. The second-order valence-electron chi connectivity index (χ2n) is 2.13. The van der Waals surface area contributed by atoms with Crippen molar-refractivity contribution < 1.29 is 0 Å². The summed E-state index contributed by atoms with van der Waals surface area (Å²) < 4.78 is 0. The Morgan fingerprint density at radius 2 is 2.25 bits per heavy atom. The number of nitriles is 1. The highest BCUT2D eigenvalue weighted by molar-refractivity contribution is 6.29. The molecule has 0 unspecified atom stereocenters. The van der Waals surface area contributed by atoms with E-state index in [9.17, 15) is 0 Å². The van der Waals surface area contributed by atoms with E-state index in [1.165, 1.54) is 0 Å². The number of hydrogen-bond acceptors (Lipinski definition) is 2. The molecule has 0 bridgehead atoms. The van der Waals surface area contributed by atoms with E-state index >= 15 is 0 Å². The summed E-state index contributed by atoms with van der Waals surface area (Å²) in [4.78, 5) is 3.98. The van der Waals surface area contributed by atoms with Crippen LogP contribution in [0.25, 0.3) is 0 Å².